The van der Waals surface area contributed by atoms with Crippen molar-refractivity contribution in [2.75, 3.05) is 31.1 Å². The molecule has 5 heterocycles. The second-order valence-electron chi connectivity index (χ2n) is 8.58. The predicted molar refractivity (Wildman–Crippen MR) is 128 cm³/mol. The van der Waals surface area contributed by atoms with Gasteiger partial charge in [-0.05, 0) is 42.3 Å². The monoisotopic (exact) mass is 470 g/mol. The van der Waals surface area contributed by atoms with Crippen LogP contribution in [0.4, 0.5) is 5.82 Å². The first-order chi connectivity index (χ1) is 15.3. The molecule has 0 atom stereocenters. The largest absolute Gasteiger partial charge is 0.353 e. The summed E-state index contributed by atoms with van der Waals surface area (Å²) in [6.07, 6.45) is 4.17. The van der Waals surface area contributed by atoms with Crippen LogP contribution in [0.2, 0.25) is 0 Å². The quantitative estimate of drug-likeness (QED) is 0.479. The minimum absolute atomic E-state index is 0.284. The second kappa shape index (κ2) is 8.09. The first-order valence-electron chi connectivity index (χ1n) is 10.8. The molecule has 4 aromatic rings. The summed E-state index contributed by atoms with van der Waals surface area (Å²) >= 11 is 1.66. The van der Waals surface area contributed by atoms with Crippen LogP contribution in [-0.2, 0) is 16.4 Å². The minimum atomic E-state index is -3.61. The van der Waals surface area contributed by atoms with Gasteiger partial charge in [-0.15, -0.1) is 11.3 Å². The number of hydrogen-bond acceptors (Lipinski definition) is 7. The molecular formula is C22H26N6O2S2. The Morgan fingerprint density at radius 3 is 2.72 bits per heavy atom. The Morgan fingerprint density at radius 1 is 1.19 bits per heavy atom. The van der Waals surface area contributed by atoms with Crippen LogP contribution >= 0.6 is 11.3 Å². The molecule has 1 N–H and O–H groups in total. The predicted octanol–water partition coefficient (Wildman–Crippen LogP) is 3.59. The highest BCUT2D eigenvalue weighted by Crippen LogP contribution is 2.34. The molecule has 1 fully saturated rings. The maximum Gasteiger partial charge on any atom is 0.245 e. The van der Waals surface area contributed by atoms with E-state index >= 15 is 0 Å². The highest BCUT2D eigenvalue weighted by molar-refractivity contribution is 7.89. The SMILES string of the molecule is Cc1nc(N2CCN(S(=O)(=O)c3c[nH]c4ncccc34)CC2)c2c(CC(C)C)csc2n1. The number of nitrogens with one attached hydrogen (secondary N) is 1. The Kier molecular flexibility index (Phi) is 5.39. The zero-order valence-electron chi connectivity index (χ0n) is 18.4. The fourth-order valence-corrected chi connectivity index (χ4v) is 6.89. The maximum atomic E-state index is 13.3. The van der Waals surface area contributed by atoms with Crippen molar-refractivity contribution in [2.24, 2.45) is 5.92 Å². The van der Waals surface area contributed by atoms with Crippen LogP contribution < -0.4 is 4.90 Å². The maximum absolute atomic E-state index is 13.3. The fourth-order valence-electron chi connectivity index (χ4n) is 4.33. The van der Waals surface area contributed by atoms with Crippen LogP contribution in [0.25, 0.3) is 21.3 Å². The van der Waals surface area contributed by atoms with Crippen LogP contribution in [0.1, 0.15) is 25.2 Å². The van der Waals surface area contributed by atoms with Crippen molar-refractivity contribution in [3.05, 3.63) is 41.3 Å². The normalized spacial score (nSPS) is 15.9. The summed E-state index contributed by atoms with van der Waals surface area (Å²) in [4.78, 5) is 20.1. The standard InChI is InChI=1S/C22H26N6O2S2/c1-14(2)11-16-13-31-22-19(16)21(25-15(3)26-22)27-7-9-28(10-8-27)32(29,30)18-12-24-20-17(18)5-4-6-23-20/h4-6,12-14H,7-11H2,1-3H3,(H,23,24). The van der Waals surface area contributed by atoms with E-state index in [1.54, 1.807) is 40.2 Å². The van der Waals surface area contributed by atoms with Gasteiger partial charge < -0.3 is 9.88 Å². The molecule has 0 amide bonds. The van der Waals surface area contributed by atoms with Gasteiger partial charge in [-0.1, -0.05) is 13.8 Å². The molecule has 0 bridgehead atoms. The van der Waals surface area contributed by atoms with Crippen molar-refractivity contribution in [1.29, 1.82) is 0 Å². The van der Waals surface area contributed by atoms with E-state index in [0.29, 0.717) is 43.1 Å². The molecule has 1 aliphatic heterocycles. The van der Waals surface area contributed by atoms with Gasteiger partial charge >= 0.3 is 0 Å². The van der Waals surface area contributed by atoms with Crippen molar-refractivity contribution in [1.82, 2.24) is 24.2 Å². The Morgan fingerprint density at radius 2 is 1.97 bits per heavy atom. The van der Waals surface area contributed by atoms with Crippen molar-refractivity contribution in [3.8, 4) is 0 Å². The molecule has 5 rings (SSSR count). The number of rotatable bonds is 5. The van der Waals surface area contributed by atoms with Crippen molar-refractivity contribution in [3.63, 3.8) is 0 Å². The van der Waals surface area contributed by atoms with Gasteiger partial charge in [0.25, 0.3) is 0 Å². The summed E-state index contributed by atoms with van der Waals surface area (Å²) in [6, 6.07) is 3.54. The minimum Gasteiger partial charge on any atom is -0.353 e. The molecule has 168 valence electrons. The molecule has 0 saturated carbocycles. The van der Waals surface area contributed by atoms with Crippen molar-refractivity contribution < 1.29 is 8.42 Å². The van der Waals surface area contributed by atoms with Crippen LogP contribution in [-0.4, -0.2) is 58.8 Å². The molecule has 1 aliphatic rings. The smallest absolute Gasteiger partial charge is 0.245 e. The molecule has 0 spiro atoms. The number of aromatic amines is 1. The number of anilines is 1. The van der Waals surface area contributed by atoms with Gasteiger partial charge in [0.05, 0.1) is 5.39 Å². The van der Waals surface area contributed by atoms with E-state index in [1.165, 1.54) is 5.56 Å². The molecule has 10 heteroatoms. The number of aryl methyl sites for hydroxylation is 1. The third kappa shape index (κ3) is 3.66. The Labute approximate surface area is 191 Å². The molecule has 1 saturated heterocycles. The van der Waals surface area contributed by atoms with E-state index < -0.39 is 10.0 Å². The van der Waals surface area contributed by atoms with E-state index in [0.717, 1.165) is 28.3 Å². The van der Waals surface area contributed by atoms with Gasteiger partial charge in [0.2, 0.25) is 10.0 Å². The average molecular weight is 471 g/mol. The number of H-pyrrole nitrogens is 1. The summed E-state index contributed by atoms with van der Waals surface area (Å²) in [6.45, 7) is 8.32. The van der Waals surface area contributed by atoms with Crippen molar-refractivity contribution in [2.45, 2.75) is 32.1 Å². The van der Waals surface area contributed by atoms with Crippen molar-refractivity contribution >= 4 is 48.4 Å². The molecule has 8 nitrogen and oxygen atoms in total. The molecule has 0 aromatic carbocycles. The first kappa shape index (κ1) is 21.3. The summed E-state index contributed by atoms with van der Waals surface area (Å²) in [5.41, 5.74) is 1.86. The van der Waals surface area contributed by atoms with Gasteiger partial charge in [-0.25, -0.2) is 23.4 Å². The summed E-state index contributed by atoms with van der Waals surface area (Å²) < 4.78 is 28.2. The Hall–Kier alpha value is -2.56. The Balaban J connectivity index is 1.42. The third-order valence-corrected chi connectivity index (χ3v) is 8.66. The summed E-state index contributed by atoms with van der Waals surface area (Å²) in [5, 5.41) is 3.93. The number of sulfonamides is 1. The number of nitrogens with zero attached hydrogens (tertiary/aromatic N) is 5. The highest BCUT2D eigenvalue weighted by Gasteiger charge is 2.32. The number of piperazine rings is 1. The number of pyridine rings is 1. The third-order valence-electron chi connectivity index (χ3n) is 5.80. The lowest BCUT2D eigenvalue weighted by Gasteiger charge is -2.35. The first-order valence-corrected chi connectivity index (χ1v) is 13.1. The Bertz CT molecular complexity index is 1380. The van der Waals surface area contributed by atoms with Gasteiger partial charge in [0.15, 0.2) is 0 Å². The molecule has 4 aromatic heterocycles. The number of thiophene rings is 1. The molecule has 0 aliphatic carbocycles. The lowest BCUT2D eigenvalue weighted by molar-refractivity contribution is 0.384. The van der Waals surface area contributed by atoms with Crippen LogP contribution in [0.5, 0.6) is 0 Å². The van der Waals surface area contributed by atoms with Gasteiger partial charge in [-0.2, -0.15) is 4.31 Å². The number of fused-ring (bicyclic) bond motifs is 2. The second-order valence-corrected chi connectivity index (χ2v) is 11.3. The average Bonchev–Trinajstić information content (AvgIpc) is 3.37. The summed E-state index contributed by atoms with van der Waals surface area (Å²) in [7, 11) is -3.61. The van der Waals surface area contributed by atoms with Crippen LogP contribution in [0.15, 0.2) is 34.8 Å². The summed E-state index contributed by atoms with van der Waals surface area (Å²) in [5.74, 6) is 2.21. The molecule has 32 heavy (non-hydrogen) atoms. The number of aromatic nitrogens is 4. The molecular weight excluding hydrogens is 444 g/mol. The molecule has 0 radical (unpaired) electrons. The van der Waals surface area contributed by atoms with Gasteiger partial charge in [-0.3, -0.25) is 0 Å². The van der Waals surface area contributed by atoms with E-state index in [-0.39, 0.29) is 4.90 Å². The van der Waals surface area contributed by atoms with E-state index in [2.05, 4.69) is 39.1 Å². The molecule has 0 unspecified atom stereocenters. The van der Waals surface area contributed by atoms with Crippen LogP contribution in [0.3, 0.4) is 0 Å². The van der Waals surface area contributed by atoms with Gasteiger partial charge in [0.1, 0.15) is 27.0 Å². The highest BCUT2D eigenvalue weighted by atomic mass is 32.2. The van der Waals surface area contributed by atoms with E-state index in [1.807, 2.05) is 6.92 Å². The zero-order chi connectivity index (χ0) is 22.5. The fraction of sp³-hybridized carbons (Fsp3) is 0.409. The van der Waals surface area contributed by atoms with Crippen LogP contribution in [0, 0.1) is 12.8 Å². The topological polar surface area (TPSA) is 95.1 Å². The lowest BCUT2D eigenvalue weighted by Crippen LogP contribution is -2.49. The van der Waals surface area contributed by atoms with E-state index in [9.17, 15) is 8.42 Å². The lowest BCUT2D eigenvalue weighted by atomic mass is 10.0. The van der Waals surface area contributed by atoms with Gasteiger partial charge in [0, 0.05) is 44.0 Å². The number of hydrogen-bond donors (Lipinski definition) is 1. The van der Waals surface area contributed by atoms with E-state index in [4.69, 9.17) is 4.98 Å². The zero-order valence-corrected chi connectivity index (χ0v) is 20.0.